The summed E-state index contributed by atoms with van der Waals surface area (Å²) in [6.07, 6.45) is -0.306. The van der Waals surface area contributed by atoms with E-state index in [2.05, 4.69) is 0 Å². The van der Waals surface area contributed by atoms with Gasteiger partial charge in [0.1, 0.15) is 11.5 Å². The minimum Gasteiger partial charge on any atom is -0.481 e. The highest BCUT2D eigenvalue weighted by atomic mass is 16.5. The average Bonchev–Trinajstić information content (AvgIpc) is 2.61. The Bertz CT molecular complexity index is 617. The third-order valence-electron chi connectivity index (χ3n) is 3.61. The number of hydrogen-bond acceptors (Lipinski definition) is 4. The van der Waals surface area contributed by atoms with Gasteiger partial charge in [0.15, 0.2) is 12.2 Å². The van der Waals surface area contributed by atoms with Crippen molar-refractivity contribution in [2.24, 2.45) is 11.5 Å². The van der Waals surface area contributed by atoms with E-state index >= 15 is 0 Å². The maximum absolute atomic E-state index is 11.6. The van der Waals surface area contributed by atoms with Crippen molar-refractivity contribution in [1.29, 1.82) is 0 Å². The molecule has 0 aromatic heterocycles. The molecule has 6 nitrogen and oxygen atoms in total. The predicted molar refractivity (Wildman–Crippen MR) is 94.0 cm³/mol. The van der Waals surface area contributed by atoms with Gasteiger partial charge in [-0.1, -0.05) is 36.4 Å². The molecule has 2 amide bonds. The normalized spacial score (nSPS) is 12.8. The van der Waals surface area contributed by atoms with Crippen molar-refractivity contribution in [1.82, 2.24) is 0 Å². The third kappa shape index (κ3) is 6.18. The van der Waals surface area contributed by atoms with E-state index in [-0.39, 0.29) is 0 Å². The number of hydrogen-bond donors (Lipinski definition) is 2. The van der Waals surface area contributed by atoms with E-state index < -0.39 is 24.0 Å². The van der Waals surface area contributed by atoms with Crippen LogP contribution in [0.15, 0.2) is 60.7 Å². The van der Waals surface area contributed by atoms with Gasteiger partial charge >= 0.3 is 0 Å². The van der Waals surface area contributed by atoms with Crippen LogP contribution in [-0.2, 0) is 9.59 Å². The Hall–Kier alpha value is -3.02. The second kappa shape index (κ2) is 9.32. The van der Waals surface area contributed by atoms with Crippen LogP contribution in [0.25, 0.3) is 0 Å². The Morgan fingerprint density at radius 2 is 1.08 bits per heavy atom. The van der Waals surface area contributed by atoms with E-state index in [9.17, 15) is 9.59 Å². The molecule has 4 N–H and O–H groups in total. The van der Waals surface area contributed by atoms with Gasteiger partial charge in [-0.25, -0.2) is 0 Å². The number of rotatable bonds is 10. The largest absolute Gasteiger partial charge is 0.481 e. The molecule has 0 radical (unpaired) electrons. The van der Waals surface area contributed by atoms with Crippen molar-refractivity contribution in [3.8, 4) is 11.5 Å². The first kappa shape index (κ1) is 18.3. The van der Waals surface area contributed by atoms with E-state index in [1.165, 1.54) is 0 Å². The van der Waals surface area contributed by atoms with Crippen LogP contribution in [0.4, 0.5) is 0 Å². The molecule has 0 aliphatic rings. The van der Waals surface area contributed by atoms with Crippen molar-refractivity contribution in [3.05, 3.63) is 60.7 Å². The number of ether oxygens (including phenoxy) is 2. The molecule has 2 aromatic carbocycles. The predicted octanol–water partition coefficient (Wildman–Crippen LogP) is 2.02. The van der Waals surface area contributed by atoms with E-state index in [0.29, 0.717) is 30.8 Å². The summed E-state index contributed by atoms with van der Waals surface area (Å²) in [6, 6.07) is 17.9. The molecule has 0 saturated heterocycles. The summed E-state index contributed by atoms with van der Waals surface area (Å²) in [4.78, 5) is 23.2. The lowest BCUT2D eigenvalue weighted by Crippen LogP contribution is -2.36. The second-order valence-corrected chi connectivity index (χ2v) is 5.57. The average molecular weight is 342 g/mol. The first-order valence-corrected chi connectivity index (χ1v) is 8.08. The molecule has 6 heteroatoms. The van der Waals surface area contributed by atoms with Crippen LogP contribution < -0.4 is 20.9 Å². The Morgan fingerprint density at radius 1 is 0.720 bits per heavy atom. The summed E-state index contributed by atoms with van der Waals surface area (Å²) >= 11 is 0. The van der Waals surface area contributed by atoms with Crippen molar-refractivity contribution in [2.75, 3.05) is 0 Å². The summed E-state index contributed by atoms with van der Waals surface area (Å²) in [5, 5.41) is 0. The molecular weight excluding hydrogens is 320 g/mol. The fourth-order valence-corrected chi connectivity index (χ4v) is 2.33. The molecule has 0 aliphatic carbocycles. The summed E-state index contributed by atoms with van der Waals surface area (Å²) < 4.78 is 11.2. The lowest BCUT2D eigenvalue weighted by molar-refractivity contribution is -0.125. The third-order valence-corrected chi connectivity index (χ3v) is 3.61. The van der Waals surface area contributed by atoms with Crippen LogP contribution in [-0.4, -0.2) is 24.0 Å². The number of primary amides is 2. The van der Waals surface area contributed by atoms with E-state index in [1.54, 1.807) is 24.3 Å². The molecule has 0 aliphatic heterocycles. The maximum Gasteiger partial charge on any atom is 0.258 e. The van der Waals surface area contributed by atoms with Gasteiger partial charge in [0.25, 0.3) is 11.8 Å². The molecule has 2 rings (SSSR count). The Labute approximate surface area is 146 Å². The van der Waals surface area contributed by atoms with Gasteiger partial charge < -0.3 is 20.9 Å². The number of carbonyl (C=O) groups excluding carboxylic acids is 2. The van der Waals surface area contributed by atoms with Gasteiger partial charge in [-0.05, 0) is 43.5 Å². The number of benzene rings is 2. The number of nitrogens with two attached hydrogens (primary N) is 2. The summed E-state index contributed by atoms with van der Waals surface area (Å²) in [5.74, 6) is 0.0310. The number of amides is 2. The highest BCUT2D eigenvalue weighted by Crippen LogP contribution is 2.17. The first-order valence-electron chi connectivity index (χ1n) is 8.08. The van der Waals surface area contributed by atoms with Gasteiger partial charge in [0.05, 0.1) is 0 Å². The lowest BCUT2D eigenvalue weighted by atomic mass is 10.1. The quantitative estimate of drug-likeness (QED) is 0.689. The molecule has 132 valence electrons. The zero-order chi connectivity index (χ0) is 18.1. The fraction of sp³-hybridized carbons (Fsp3) is 0.263. The minimum absolute atomic E-state index is 0.367. The SMILES string of the molecule is NC(=O)C(CCCC(Oc1ccccc1)C(N)=O)Oc1ccccc1. The van der Waals surface area contributed by atoms with Crippen LogP contribution in [0.3, 0.4) is 0 Å². The molecule has 0 fully saturated rings. The molecule has 2 atom stereocenters. The van der Waals surface area contributed by atoms with E-state index in [4.69, 9.17) is 20.9 Å². The van der Waals surface area contributed by atoms with Crippen molar-refractivity contribution in [3.63, 3.8) is 0 Å². The summed E-state index contributed by atoms with van der Waals surface area (Å²) in [6.45, 7) is 0. The molecule has 2 unspecified atom stereocenters. The van der Waals surface area contributed by atoms with E-state index in [1.807, 2.05) is 36.4 Å². The molecular formula is C19H22N2O4. The molecule has 25 heavy (non-hydrogen) atoms. The maximum atomic E-state index is 11.6. The molecule has 0 heterocycles. The van der Waals surface area contributed by atoms with Crippen LogP contribution >= 0.6 is 0 Å². The topological polar surface area (TPSA) is 105 Å². The molecule has 2 aromatic rings. The van der Waals surface area contributed by atoms with Crippen LogP contribution in [0.5, 0.6) is 11.5 Å². The number of para-hydroxylation sites is 2. The Balaban J connectivity index is 1.88. The second-order valence-electron chi connectivity index (χ2n) is 5.57. The lowest BCUT2D eigenvalue weighted by Gasteiger charge is -2.19. The summed E-state index contributed by atoms with van der Waals surface area (Å²) in [7, 11) is 0. The van der Waals surface area contributed by atoms with Crippen LogP contribution in [0.1, 0.15) is 19.3 Å². The van der Waals surface area contributed by atoms with Gasteiger partial charge in [-0.3, -0.25) is 9.59 Å². The zero-order valence-corrected chi connectivity index (χ0v) is 13.8. The van der Waals surface area contributed by atoms with Gasteiger partial charge in [0, 0.05) is 0 Å². The van der Waals surface area contributed by atoms with Gasteiger partial charge in [0.2, 0.25) is 0 Å². The first-order chi connectivity index (χ1) is 12.1. The summed E-state index contributed by atoms with van der Waals surface area (Å²) in [5.41, 5.74) is 10.8. The van der Waals surface area contributed by atoms with Gasteiger partial charge in [-0.15, -0.1) is 0 Å². The van der Waals surface area contributed by atoms with Crippen LogP contribution in [0.2, 0.25) is 0 Å². The standard InChI is InChI=1S/C19H22N2O4/c20-18(22)16(24-14-8-3-1-4-9-14)12-7-13-17(19(21)23)25-15-10-5-2-6-11-15/h1-6,8-11,16-17H,7,12-13H2,(H2,20,22)(H2,21,23). The monoisotopic (exact) mass is 342 g/mol. The van der Waals surface area contributed by atoms with Gasteiger partial charge in [-0.2, -0.15) is 0 Å². The highest BCUT2D eigenvalue weighted by molar-refractivity contribution is 5.80. The minimum atomic E-state index is -0.771. The van der Waals surface area contributed by atoms with Crippen molar-refractivity contribution in [2.45, 2.75) is 31.5 Å². The molecule has 0 spiro atoms. The molecule has 0 bridgehead atoms. The fourth-order valence-electron chi connectivity index (χ4n) is 2.33. The smallest absolute Gasteiger partial charge is 0.258 e. The molecule has 0 saturated carbocycles. The zero-order valence-electron chi connectivity index (χ0n) is 13.8. The van der Waals surface area contributed by atoms with Crippen molar-refractivity contribution < 1.29 is 19.1 Å². The Kier molecular flexibility index (Phi) is 6.83. The van der Waals surface area contributed by atoms with E-state index in [0.717, 1.165) is 0 Å². The number of carbonyl (C=O) groups is 2. The Morgan fingerprint density at radius 3 is 1.40 bits per heavy atom. The van der Waals surface area contributed by atoms with Crippen molar-refractivity contribution >= 4 is 11.8 Å². The highest BCUT2D eigenvalue weighted by Gasteiger charge is 2.21. The van der Waals surface area contributed by atoms with Crippen LogP contribution in [0, 0.1) is 0 Å².